The Morgan fingerprint density at radius 1 is 1.47 bits per heavy atom. The molecule has 1 atom stereocenters. The van der Waals surface area contributed by atoms with Gasteiger partial charge in [0.2, 0.25) is 0 Å². The van der Waals surface area contributed by atoms with Crippen molar-refractivity contribution in [1.82, 2.24) is 0 Å². The van der Waals surface area contributed by atoms with Crippen molar-refractivity contribution in [1.29, 1.82) is 0 Å². The van der Waals surface area contributed by atoms with Gasteiger partial charge in [-0.3, -0.25) is 0 Å². The third kappa shape index (κ3) is 4.29. The van der Waals surface area contributed by atoms with Crippen LogP contribution in [0.4, 0.5) is 5.69 Å². The first-order chi connectivity index (χ1) is 7.26. The van der Waals surface area contributed by atoms with Crippen molar-refractivity contribution in [2.75, 3.05) is 25.6 Å². The molecule has 0 aliphatic heterocycles. The van der Waals surface area contributed by atoms with Crippen LogP contribution in [0.2, 0.25) is 0 Å². The van der Waals surface area contributed by atoms with Crippen LogP contribution in [0, 0.1) is 0 Å². The molecular formula is C11H17NO3. The van der Waals surface area contributed by atoms with Crippen LogP contribution in [0.25, 0.3) is 0 Å². The Morgan fingerprint density at radius 3 is 2.93 bits per heavy atom. The Hall–Kier alpha value is -1.10. The summed E-state index contributed by atoms with van der Waals surface area (Å²) < 4.78 is 5.01. The molecule has 0 amide bonds. The van der Waals surface area contributed by atoms with Gasteiger partial charge in [0.05, 0.1) is 19.3 Å². The zero-order valence-electron chi connectivity index (χ0n) is 8.81. The summed E-state index contributed by atoms with van der Waals surface area (Å²) in [5.74, 6) is 0. The Kier molecular flexibility index (Phi) is 5.10. The first-order valence-corrected chi connectivity index (χ1v) is 4.87. The summed E-state index contributed by atoms with van der Waals surface area (Å²) in [6, 6.07) is 7.75. The van der Waals surface area contributed by atoms with Crippen LogP contribution in [0.15, 0.2) is 24.3 Å². The first kappa shape index (κ1) is 12.0. The number of nitrogens with one attached hydrogen (secondary N) is 1. The zero-order chi connectivity index (χ0) is 11.1. The molecular weight excluding hydrogens is 194 g/mol. The fourth-order valence-electron chi connectivity index (χ4n) is 1.24. The van der Waals surface area contributed by atoms with E-state index in [-0.39, 0.29) is 6.61 Å². The predicted octanol–water partition coefficient (Wildman–Crippen LogP) is 0.598. The summed E-state index contributed by atoms with van der Waals surface area (Å²) in [6.07, 6.45) is -0.726. The summed E-state index contributed by atoms with van der Waals surface area (Å²) in [5.41, 5.74) is 1.98. The number of aliphatic hydroxyl groups is 2. The third-order valence-corrected chi connectivity index (χ3v) is 1.99. The lowest BCUT2D eigenvalue weighted by Crippen LogP contribution is -2.22. The van der Waals surface area contributed by atoms with E-state index < -0.39 is 6.10 Å². The highest BCUT2D eigenvalue weighted by atomic mass is 16.5. The lowest BCUT2D eigenvalue weighted by Gasteiger charge is -2.11. The number of anilines is 1. The number of aliphatic hydroxyl groups excluding tert-OH is 2. The maximum atomic E-state index is 9.15. The molecule has 0 saturated carbocycles. The minimum atomic E-state index is -0.726. The first-order valence-electron chi connectivity index (χ1n) is 4.87. The van der Waals surface area contributed by atoms with E-state index in [0.29, 0.717) is 13.2 Å². The molecule has 0 saturated heterocycles. The monoisotopic (exact) mass is 211 g/mol. The Balaban J connectivity index is 2.50. The van der Waals surface area contributed by atoms with E-state index in [2.05, 4.69) is 5.32 Å². The number of hydrogen-bond donors (Lipinski definition) is 3. The largest absolute Gasteiger partial charge is 0.394 e. The second-order valence-corrected chi connectivity index (χ2v) is 3.35. The number of methoxy groups -OCH3 is 1. The lowest BCUT2D eigenvalue weighted by molar-refractivity contribution is 0.105. The van der Waals surface area contributed by atoms with Gasteiger partial charge in [0.1, 0.15) is 0 Å². The van der Waals surface area contributed by atoms with E-state index in [1.807, 2.05) is 24.3 Å². The Morgan fingerprint density at radius 2 is 2.27 bits per heavy atom. The van der Waals surface area contributed by atoms with Crippen molar-refractivity contribution in [2.24, 2.45) is 0 Å². The van der Waals surface area contributed by atoms with Gasteiger partial charge in [-0.15, -0.1) is 0 Å². The van der Waals surface area contributed by atoms with Crippen molar-refractivity contribution in [2.45, 2.75) is 12.7 Å². The zero-order valence-corrected chi connectivity index (χ0v) is 8.81. The van der Waals surface area contributed by atoms with E-state index in [1.165, 1.54) is 0 Å². The van der Waals surface area contributed by atoms with E-state index >= 15 is 0 Å². The summed E-state index contributed by atoms with van der Waals surface area (Å²) in [6.45, 7) is 0.676. The van der Waals surface area contributed by atoms with E-state index in [4.69, 9.17) is 14.9 Å². The van der Waals surface area contributed by atoms with Crippen molar-refractivity contribution >= 4 is 5.69 Å². The smallest absolute Gasteiger partial charge is 0.0942 e. The van der Waals surface area contributed by atoms with Gasteiger partial charge in [-0.1, -0.05) is 12.1 Å². The quantitative estimate of drug-likeness (QED) is 0.644. The molecule has 0 fully saturated rings. The standard InChI is InChI=1S/C11H17NO3/c1-15-8-9-3-2-4-10(5-9)12-6-11(14)7-13/h2-5,11-14H,6-8H2,1H3. The second-order valence-electron chi connectivity index (χ2n) is 3.35. The highest BCUT2D eigenvalue weighted by molar-refractivity contribution is 5.45. The summed E-state index contributed by atoms with van der Waals surface area (Å²) in [4.78, 5) is 0. The molecule has 0 aromatic heterocycles. The van der Waals surface area contributed by atoms with Crippen LogP contribution in [-0.4, -0.2) is 36.6 Å². The molecule has 0 radical (unpaired) electrons. The average molecular weight is 211 g/mol. The van der Waals surface area contributed by atoms with Crippen LogP contribution in [0.3, 0.4) is 0 Å². The van der Waals surface area contributed by atoms with Crippen LogP contribution in [-0.2, 0) is 11.3 Å². The second kappa shape index (κ2) is 6.40. The van der Waals surface area contributed by atoms with Gasteiger partial charge >= 0.3 is 0 Å². The molecule has 84 valence electrons. The minimum absolute atomic E-state index is 0.231. The van der Waals surface area contributed by atoms with E-state index in [9.17, 15) is 0 Å². The van der Waals surface area contributed by atoms with Crippen molar-refractivity contribution in [3.63, 3.8) is 0 Å². The molecule has 0 heterocycles. The highest BCUT2D eigenvalue weighted by Gasteiger charge is 2.01. The molecule has 0 bridgehead atoms. The predicted molar refractivity (Wildman–Crippen MR) is 58.7 cm³/mol. The minimum Gasteiger partial charge on any atom is -0.394 e. The van der Waals surface area contributed by atoms with Crippen molar-refractivity contribution < 1.29 is 14.9 Å². The topological polar surface area (TPSA) is 61.7 Å². The van der Waals surface area contributed by atoms with E-state index in [0.717, 1.165) is 11.3 Å². The SMILES string of the molecule is COCc1cccc(NCC(O)CO)c1. The molecule has 1 unspecified atom stereocenters. The highest BCUT2D eigenvalue weighted by Crippen LogP contribution is 2.11. The fourth-order valence-corrected chi connectivity index (χ4v) is 1.24. The molecule has 3 N–H and O–H groups in total. The van der Waals surface area contributed by atoms with Crippen molar-refractivity contribution in [3.05, 3.63) is 29.8 Å². The van der Waals surface area contributed by atoms with Crippen LogP contribution >= 0.6 is 0 Å². The van der Waals surface area contributed by atoms with E-state index in [1.54, 1.807) is 7.11 Å². The van der Waals surface area contributed by atoms with Gasteiger partial charge in [-0.25, -0.2) is 0 Å². The lowest BCUT2D eigenvalue weighted by atomic mass is 10.2. The molecule has 1 rings (SSSR count). The number of rotatable bonds is 6. The van der Waals surface area contributed by atoms with Gasteiger partial charge in [0.25, 0.3) is 0 Å². The van der Waals surface area contributed by atoms with Gasteiger partial charge in [-0.05, 0) is 17.7 Å². The number of hydrogen-bond acceptors (Lipinski definition) is 4. The summed E-state index contributed by atoms with van der Waals surface area (Å²) in [5, 5.41) is 20.8. The maximum Gasteiger partial charge on any atom is 0.0942 e. The molecule has 4 nitrogen and oxygen atoms in total. The molecule has 4 heteroatoms. The third-order valence-electron chi connectivity index (χ3n) is 1.99. The molecule has 0 aliphatic rings. The normalized spacial score (nSPS) is 12.5. The Bertz CT molecular complexity index is 291. The number of ether oxygens (including phenoxy) is 1. The van der Waals surface area contributed by atoms with Crippen LogP contribution < -0.4 is 5.32 Å². The fraction of sp³-hybridized carbons (Fsp3) is 0.455. The van der Waals surface area contributed by atoms with Crippen LogP contribution in [0.5, 0.6) is 0 Å². The molecule has 0 spiro atoms. The van der Waals surface area contributed by atoms with Crippen LogP contribution in [0.1, 0.15) is 5.56 Å². The van der Waals surface area contributed by atoms with Gasteiger partial charge in [0.15, 0.2) is 0 Å². The Labute approximate surface area is 89.5 Å². The molecule has 15 heavy (non-hydrogen) atoms. The summed E-state index contributed by atoms with van der Waals surface area (Å²) in [7, 11) is 1.65. The number of benzene rings is 1. The average Bonchev–Trinajstić information content (AvgIpc) is 2.27. The molecule has 1 aromatic rings. The maximum absolute atomic E-state index is 9.15. The molecule has 0 aliphatic carbocycles. The molecule has 1 aromatic carbocycles. The van der Waals surface area contributed by atoms with Gasteiger partial charge in [0, 0.05) is 19.3 Å². The van der Waals surface area contributed by atoms with Gasteiger partial charge in [-0.2, -0.15) is 0 Å². The van der Waals surface area contributed by atoms with Gasteiger partial charge < -0.3 is 20.3 Å². The summed E-state index contributed by atoms with van der Waals surface area (Å²) >= 11 is 0. The van der Waals surface area contributed by atoms with Crippen molar-refractivity contribution in [3.8, 4) is 0 Å².